The van der Waals surface area contributed by atoms with Gasteiger partial charge in [0.15, 0.2) is 11.6 Å². The zero-order chi connectivity index (χ0) is 12.3. The van der Waals surface area contributed by atoms with E-state index in [-0.39, 0.29) is 17.2 Å². The van der Waals surface area contributed by atoms with Gasteiger partial charge in [0.2, 0.25) is 0 Å². The SMILES string of the molecule is CC(C)OCC(N)c1ccc(F)c(F)c1Br. The van der Waals surface area contributed by atoms with Crippen LogP contribution in [0.25, 0.3) is 0 Å². The van der Waals surface area contributed by atoms with Crippen LogP contribution in [0, 0.1) is 11.6 Å². The molecule has 0 radical (unpaired) electrons. The normalized spacial score (nSPS) is 13.2. The molecular weight excluding hydrogens is 280 g/mol. The predicted molar refractivity (Wildman–Crippen MR) is 62.1 cm³/mol. The third-order valence-electron chi connectivity index (χ3n) is 2.07. The van der Waals surface area contributed by atoms with Gasteiger partial charge in [-0.1, -0.05) is 6.07 Å². The van der Waals surface area contributed by atoms with E-state index >= 15 is 0 Å². The van der Waals surface area contributed by atoms with Crippen molar-refractivity contribution in [2.24, 2.45) is 5.73 Å². The largest absolute Gasteiger partial charge is 0.377 e. The van der Waals surface area contributed by atoms with E-state index in [0.717, 1.165) is 6.07 Å². The van der Waals surface area contributed by atoms with Crippen molar-refractivity contribution in [3.63, 3.8) is 0 Å². The average molecular weight is 294 g/mol. The molecule has 1 unspecified atom stereocenters. The van der Waals surface area contributed by atoms with Crippen molar-refractivity contribution in [2.45, 2.75) is 26.0 Å². The Balaban J connectivity index is 2.84. The van der Waals surface area contributed by atoms with E-state index in [9.17, 15) is 8.78 Å². The van der Waals surface area contributed by atoms with Crippen molar-refractivity contribution in [2.75, 3.05) is 6.61 Å². The van der Waals surface area contributed by atoms with E-state index < -0.39 is 17.7 Å². The van der Waals surface area contributed by atoms with Crippen LogP contribution in [0.3, 0.4) is 0 Å². The minimum Gasteiger partial charge on any atom is -0.377 e. The van der Waals surface area contributed by atoms with Crippen molar-refractivity contribution in [1.82, 2.24) is 0 Å². The van der Waals surface area contributed by atoms with Gasteiger partial charge in [0.05, 0.1) is 23.2 Å². The summed E-state index contributed by atoms with van der Waals surface area (Å²) in [4.78, 5) is 0. The number of hydrogen-bond acceptors (Lipinski definition) is 2. The van der Waals surface area contributed by atoms with Crippen molar-refractivity contribution in [3.05, 3.63) is 33.8 Å². The molecular formula is C11H14BrF2NO. The summed E-state index contributed by atoms with van der Waals surface area (Å²) in [5, 5.41) is 0. The van der Waals surface area contributed by atoms with Gasteiger partial charge in [0, 0.05) is 0 Å². The molecule has 0 aliphatic heterocycles. The Labute approximate surface area is 102 Å². The van der Waals surface area contributed by atoms with E-state index in [1.165, 1.54) is 6.07 Å². The maximum Gasteiger partial charge on any atom is 0.173 e. The van der Waals surface area contributed by atoms with Crippen LogP contribution in [0.15, 0.2) is 16.6 Å². The Morgan fingerprint density at radius 2 is 2.00 bits per heavy atom. The smallest absolute Gasteiger partial charge is 0.173 e. The lowest BCUT2D eigenvalue weighted by Crippen LogP contribution is -2.20. The van der Waals surface area contributed by atoms with Gasteiger partial charge in [0.25, 0.3) is 0 Å². The summed E-state index contributed by atoms with van der Waals surface area (Å²) in [5.41, 5.74) is 6.32. The highest BCUT2D eigenvalue weighted by Crippen LogP contribution is 2.27. The second-order valence-electron chi connectivity index (χ2n) is 3.75. The molecule has 1 aromatic carbocycles. The Kier molecular flexibility index (Phi) is 4.83. The highest BCUT2D eigenvalue weighted by Gasteiger charge is 2.16. The molecule has 0 aliphatic carbocycles. The van der Waals surface area contributed by atoms with Crippen LogP contribution in [0.4, 0.5) is 8.78 Å². The minimum atomic E-state index is -0.919. The van der Waals surface area contributed by atoms with Crippen LogP contribution in [-0.2, 0) is 4.74 Å². The lowest BCUT2D eigenvalue weighted by atomic mass is 10.1. The van der Waals surface area contributed by atoms with Crippen molar-refractivity contribution >= 4 is 15.9 Å². The second kappa shape index (κ2) is 5.70. The van der Waals surface area contributed by atoms with E-state index in [0.29, 0.717) is 5.56 Å². The Morgan fingerprint density at radius 3 is 2.56 bits per heavy atom. The summed E-state index contributed by atoms with van der Waals surface area (Å²) in [5.74, 6) is -1.81. The second-order valence-corrected chi connectivity index (χ2v) is 4.55. The summed E-state index contributed by atoms with van der Waals surface area (Å²) in [6, 6.07) is 2.04. The van der Waals surface area contributed by atoms with Crippen LogP contribution in [0.5, 0.6) is 0 Å². The highest BCUT2D eigenvalue weighted by atomic mass is 79.9. The summed E-state index contributed by atoms with van der Waals surface area (Å²) >= 11 is 2.99. The van der Waals surface area contributed by atoms with Gasteiger partial charge in [-0.2, -0.15) is 0 Å². The monoisotopic (exact) mass is 293 g/mol. The fraction of sp³-hybridized carbons (Fsp3) is 0.455. The molecule has 2 nitrogen and oxygen atoms in total. The molecule has 1 rings (SSSR count). The quantitative estimate of drug-likeness (QED) is 0.866. The van der Waals surface area contributed by atoms with E-state index in [2.05, 4.69) is 15.9 Å². The molecule has 0 bridgehead atoms. The fourth-order valence-electron chi connectivity index (χ4n) is 1.21. The van der Waals surface area contributed by atoms with E-state index in [1.807, 2.05) is 13.8 Å². The molecule has 0 fully saturated rings. The minimum absolute atomic E-state index is 0.0510. The first-order chi connectivity index (χ1) is 7.43. The lowest BCUT2D eigenvalue weighted by Gasteiger charge is -2.16. The average Bonchev–Trinajstić information content (AvgIpc) is 2.23. The Bertz CT molecular complexity index is 371. The molecule has 0 heterocycles. The van der Waals surface area contributed by atoms with Crippen LogP contribution in [-0.4, -0.2) is 12.7 Å². The van der Waals surface area contributed by atoms with Gasteiger partial charge in [-0.3, -0.25) is 0 Å². The molecule has 0 amide bonds. The summed E-state index contributed by atoms with van der Waals surface area (Å²) in [6.45, 7) is 4.03. The third kappa shape index (κ3) is 3.23. The number of hydrogen-bond donors (Lipinski definition) is 1. The third-order valence-corrected chi connectivity index (χ3v) is 2.88. The summed E-state index contributed by atoms with van der Waals surface area (Å²) in [6.07, 6.45) is 0.0510. The molecule has 16 heavy (non-hydrogen) atoms. The Hall–Kier alpha value is -0.520. The van der Waals surface area contributed by atoms with Crippen molar-refractivity contribution in [1.29, 1.82) is 0 Å². The first-order valence-corrected chi connectivity index (χ1v) is 5.73. The molecule has 90 valence electrons. The maximum absolute atomic E-state index is 13.2. The van der Waals surface area contributed by atoms with Crippen LogP contribution in [0.1, 0.15) is 25.5 Å². The van der Waals surface area contributed by atoms with Crippen LogP contribution in [0.2, 0.25) is 0 Å². The van der Waals surface area contributed by atoms with Crippen LogP contribution >= 0.6 is 15.9 Å². The molecule has 0 aliphatic rings. The van der Waals surface area contributed by atoms with Gasteiger partial charge in [-0.15, -0.1) is 0 Å². The van der Waals surface area contributed by atoms with Crippen molar-refractivity contribution < 1.29 is 13.5 Å². The molecule has 0 saturated heterocycles. The number of nitrogens with two attached hydrogens (primary N) is 1. The number of benzene rings is 1. The zero-order valence-corrected chi connectivity index (χ0v) is 10.7. The standard InChI is InChI=1S/C11H14BrF2NO/c1-6(2)16-5-9(15)7-3-4-8(13)11(14)10(7)12/h3-4,6,9H,5,15H2,1-2H3. The summed E-state index contributed by atoms with van der Waals surface area (Å²) < 4.78 is 31.5. The predicted octanol–water partition coefficient (Wildman–Crippen LogP) is 3.15. The van der Waals surface area contributed by atoms with E-state index in [4.69, 9.17) is 10.5 Å². The number of ether oxygens (including phenoxy) is 1. The maximum atomic E-state index is 13.2. The highest BCUT2D eigenvalue weighted by molar-refractivity contribution is 9.10. The molecule has 0 aromatic heterocycles. The van der Waals surface area contributed by atoms with Gasteiger partial charge < -0.3 is 10.5 Å². The summed E-state index contributed by atoms with van der Waals surface area (Å²) in [7, 11) is 0. The van der Waals surface area contributed by atoms with E-state index in [1.54, 1.807) is 0 Å². The van der Waals surface area contributed by atoms with Gasteiger partial charge >= 0.3 is 0 Å². The Morgan fingerprint density at radius 1 is 1.38 bits per heavy atom. The number of halogens is 3. The molecule has 1 atom stereocenters. The molecule has 2 N–H and O–H groups in total. The van der Waals surface area contributed by atoms with Gasteiger partial charge in [-0.05, 0) is 41.4 Å². The van der Waals surface area contributed by atoms with Crippen LogP contribution < -0.4 is 5.73 Å². The first-order valence-electron chi connectivity index (χ1n) is 4.94. The number of rotatable bonds is 4. The molecule has 5 heteroatoms. The molecule has 0 saturated carbocycles. The van der Waals surface area contributed by atoms with Crippen molar-refractivity contribution in [3.8, 4) is 0 Å². The molecule has 1 aromatic rings. The van der Waals surface area contributed by atoms with Gasteiger partial charge in [-0.25, -0.2) is 8.78 Å². The zero-order valence-electron chi connectivity index (χ0n) is 9.14. The molecule has 0 spiro atoms. The first kappa shape index (κ1) is 13.5. The van der Waals surface area contributed by atoms with Gasteiger partial charge in [0.1, 0.15) is 0 Å². The fourth-order valence-corrected chi connectivity index (χ4v) is 1.83. The topological polar surface area (TPSA) is 35.2 Å². The lowest BCUT2D eigenvalue weighted by molar-refractivity contribution is 0.0681.